The van der Waals surface area contributed by atoms with Crippen LogP contribution < -0.4 is 5.32 Å². The van der Waals surface area contributed by atoms with E-state index in [0.29, 0.717) is 5.02 Å². The van der Waals surface area contributed by atoms with Gasteiger partial charge in [0.2, 0.25) is 0 Å². The molecule has 2 heteroatoms. The highest BCUT2D eigenvalue weighted by atomic mass is 35.5. The van der Waals surface area contributed by atoms with Gasteiger partial charge in [-0.25, -0.2) is 0 Å². The van der Waals surface area contributed by atoms with Crippen LogP contribution in [0.2, 0.25) is 5.02 Å². The zero-order valence-corrected chi connectivity index (χ0v) is 8.31. The van der Waals surface area contributed by atoms with E-state index in [2.05, 4.69) is 11.2 Å². The molecule has 0 aliphatic heterocycles. The predicted molar refractivity (Wildman–Crippen MR) is 58.0 cm³/mol. The lowest BCUT2D eigenvalue weighted by atomic mass is 10.2. The normalized spacial score (nSPS) is 11.8. The van der Waals surface area contributed by atoms with Gasteiger partial charge >= 0.3 is 0 Å². The molecule has 0 saturated heterocycles. The average Bonchev–Trinajstić information content (AvgIpc) is 2.17. The zero-order valence-electron chi connectivity index (χ0n) is 7.55. The van der Waals surface area contributed by atoms with E-state index in [4.69, 9.17) is 18.0 Å². The number of hydrogen-bond acceptors (Lipinski definition) is 1. The third kappa shape index (κ3) is 2.68. The van der Waals surface area contributed by atoms with Crippen LogP contribution in [0.15, 0.2) is 24.3 Å². The molecule has 0 aliphatic carbocycles. The quantitative estimate of drug-likeness (QED) is 0.728. The Bertz CT molecular complexity index is 314. The second-order valence-electron chi connectivity index (χ2n) is 2.75. The number of halogens is 1. The first-order valence-electron chi connectivity index (χ1n) is 4.25. The van der Waals surface area contributed by atoms with Crippen molar-refractivity contribution in [2.45, 2.75) is 19.4 Å². The molecule has 1 atom stereocenters. The topological polar surface area (TPSA) is 12.0 Å². The zero-order chi connectivity index (χ0) is 9.68. The fourth-order valence-electron chi connectivity index (χ4n) is 1.03. The Hall–Kier alpha value is -1.13. The molecule has 1 rings (SSSR count). The number of hydrogen-bond donors (Lipinski definition) is 1. The molecule has 1 nitrogen and oxygen atoms in total. The molecule has 1 aromatic rings. The van der Waals surface area contributed by atoms with Gasteiger partial charge in [-0.3, -0.25) is 0 Å². The van der Waals surface area contributed by atoms with Crippen LogP contribution in [0.1, 0.15) is 13.3 Å². The summed E-state index contributed by atoms with van der Waals surface area (Å²) in [5, 5.41) is 3.88. The summed E-state index contributed by atoms with van der Waals surface area (Å²) in [6.45, 7) is 2.04. The van der Waals surface area contributed by atoms with Crippen LogP contribution in [0, 0.1) is 12.3 Å². The first kappa shape index (κ1) is 9.95. The van der Waals surface area contributed by atoms with Crippen LogP contribution in [0.4, 0.5) is 5.69 Å². The Balaban J connectivity index is 2.74. The minimum Gasteiger partial charge on any atom is -0.370 e. The first-order valence-corrected chi connectivity index (χ1v) is 4.63. The summed E-state index contributed by atoms with van der Waals surface area (Å²) in [4.78, 5) is 0. The summed E-state index contributed by atoms with van der Waals surface area (Å²) in [6.07, 6.45) is 6.22. The van der Waals surface area contributed by atoms with Crippen LogP contribution in [0.3, 0.4) is 0 Å². The maximum Gasteiger partial charge on any atom is 0.0872 e. The molecule has 0 saturated carbocycles. The van der Waals surface area contributed by atoms with Gasteiger partial charge in [0.25, 0.3) is 0 Å². The molecule has 0 spiro atoms. The van der Waals surface area contributed by atoms with Gasteiger partial charge in [0.15, 0.2) is 0 Å². The highest BCUT2D eigenvalue weighted by Crippen LogP contribution is 2.21. The van der Waals surface area contributed by atoms with Gasteiger partial charge in [-0.05, 0) is 18.6 Å². The standard InChI is InChI=1S/C11H12ClN/c1-3-9(4-2)13-11-8-6-5-7-10(11)12/h1,5-9,13H,4H2,2H3. The van der Waals surface area contributed by atoms with E-state index in [1.165, 1.54) is 0 Å². The maximum absolute atomic E-state index is 5.95. The second-order valence-corrected chi connectivity index (χ2v) is 3.16. The number of anilines is 1. The minimum atomic E-state index is 0.0555. The van der Waals surface area contributed by atoms with Crippen molar-refractivity contribution in [3.05, 3.63) is 29.3 Å². The van der Waals surface area contributed by atoms with E-state index in [9.17, 15) is 0 Å². The van der Waals surface area contributed by atoms with Crippen LogP contribution in [0.5, 0.6) is 0 Å². The van der Waals surface area contributed by atoms with Crippen LogP contribution in [-0.4, -0.2) is 6.04 Å². The lowest BCUT2D eigenvalue weighted by Gasteiger charge is -2.12. The van der Waals surface area contributed by atoms with E-state index in [-0.39, 0.29) is 6.04 Å². The van der Waals surface area contributed by atoms with Crippen molar-refractivity contribution >= 4 is 17.3 Å². The van der Waals surface area contributed by atoms with Crippen molar-refractivity contribution in [2.75, 3.05) is 5.32 Å². The smallest absolute Gasteiger partial charge is 0.0872 e. The fourth-order valence-corrected chi connectivity index (χ4v) is 1.22. The molecule has 13 heavy (non-hydrogen) atoms. The molecule has 1 unspecified atom stereocenters. The molecule has 0 heterocycles. The van der Waals surface area contributed by atoms with E-state index in [1.807, 2.05) is 31.2 Å². The highest BCUT2D eigenvalue weighted by molar-refractivity contribution is 6.33. The molecule has 68 valence electrons. The number of nitrogens with one attached hydrogen (secondary N) is 1. The summed E-state index contributed by atoms with van der Waals surface area (Å²) < 4.78 is 0. The highest BCUT2D eigenvalue weighted by Gasteiger charge is 2.03. The summed E-state index contributed by atoms with van der Waals surface area (Å²) in [6, 6.07) is 7.64. The molecule has 1 aromatic carbocycles. The van der Waals surface area contributed by atoms with Crippen molar-refractivity contribution in [2.24, 2.45) is 0 Å². The molecular formula is C11H12ClN. The molecule has 0 aliphatic rings. The van der Waals surface area contributed by atoms with Crippen LogP contribution in [-0.2, 0) is 0 Å². The van der Waals surface area contributed by atoms with Gasteiger partial charge in [0.1, 0.15) is 0 Å². The number of benzene rings is 1. The number of para-hydroxylation sites is 1. The minimum absolute atomic E-state index is 0.0555. The first-order chi connectivity index (χ1) is 6.27. The number of rotatable bonds is 3. The summed E-state index contributed by atoms with van der Waals surface area (Å²) in [7, 11) is 0. The maximum atomic E-state index is 5.95. The van der Waals surface area contributed by atoms with E-state index < -0.39 is 0 Å². The van der Waals surface area contributed by atoms with E-state index >= 15 is 0 Å². The third-order valence-corrected chi connectivity index (χ3v) is 2.14. The van der Waals surface area contributed by atoms with Crippen LogP contribution in [0.25, 0.3) is 0 Å². The Morgan fingerprint density at radius 3 is 2.77 bits per heavy atom. The van der Waals surface area contributed by atoms with Crippen molar-refractivity contribution in [1.29, 1.82) is 0 Å². The van der Waals surface area contributed by atoms with E-state index in [1.54, 1.807) is 0 Å². The SMILES string of the molecule is C#CC(CC)Nc1ccccc1Cl. The van der Waals surface area contributed by atoms with Crippen molar-refractivity contribution in [3.8, 4) is 12.3 Å². The largest absolute Gasteiger partial charge is 0.370 e. The average molecular weight is 194 g/mol. The second kappa shape index (κ2) is 4.79. The van der Waals surface area contributed by atoms with Crippen LogP contribution >= 0.6 is 11.6 Å². The van der Waals surface area contributed by atoms with Gasteiger partial charge < -0.3 is 5.32 Å². The summed E-state index contributed by atoms with van der Waals surface area (Å²) in [5.74, 6) is 2.66. The van der Waals surface area contributed by atoms with E-state index in [0.717, 1.165) is 12.1 Å². The van der Waals surface area contributed by atoms with Crippen molar-refractivity contribution in [1.82, 2.24) is 0 Å². The van der Waals surface area contributed by atoms with Gasteiger partial charge in [0, 0.05) is 0 Å². The number of terminal acetylenes is 1. The van der Waals surface area contributed by atoms with Gasteiger partial charge in [0.05, 0.1) is 16.8 Å². The Labute approximate surface area is 84.1 Å². The molecule has 0 bridgehead atoms. The Morgan fingerprint density at radius 1 is 1.54 bits per heavy atom. The molecule has 0 fully saturated rings. The third-order valence-electron chi connectivity index (χ3n) is 1.81. The predicted octanol–water partition coefficient (Wildman–Crippen LogP) is 3.16. The lowest BCUT2D eigenvalue weighted by Crippen LogP contribution is -2.15. The summed E-state index contributed by atoms with van der Waals surface area (Å²) in [5.41, 5.74) is 0.897. The molecule has 0 aromatic heterocycles. The summed E-state index contributed by atoms with van der Waals surface area (Å²) >= 11 is 5.95. The van der Waals surface area contributed by atoms with Gasteiger partial charge in [-0.15, -0.1) is 6.42 Å². The Kier molecular flexibility index (Phi) is 3.67. The molecule has 0 radical (unpaired) electrons. The lowest BCUT2D eigenvalue weighted by molar-refractivity contribution is 0.858. The Morgan fingerprint density at radius 2 is 2.23 bits per heavy atom. The van der Waals surface area contributed by atoms with Crippen molar-refractivity contribution < 1.29 is 0 Å². The van der Waals surface area contributed by atoms with Gasteiger partial charge in [-0.1, -0.05) is 36.6 Å². The van der Waals surface area contributed by atoms with Gasteiger partial charge in [-0.2, -0.15) is 0 Å². The fraction of sp³-hybridized carbons (Fsp3) is 0.273. The molecule has 1 N–H and O–H groups in total. The molecular weight excluding hydrogens is 182 g/mol. The monoisotopic (exact) mass is 193 g/mol. The molecule has 0 amide bonds. The van der Waals surface area contributed by atoms with Crippen molar-refractivity contribution in [3.63, 3.8) is 0 Å².